The summed E-state index contributed by atoms with van der Waals surface area (Å²) >= 11 is 0. The van der Waals surface area contributed by atoms with Crippen molar-refractivity contribution in [3.63, 3.8) is 0 Å². The number of hydrogen-bond donors (Lipinski definition) is 1. The first-order valence-electron chi connectivity index (χ1n) is 6.27. The van der Waals surface area contributed by atoms with Crippen LogP contribution in [0.15, 0.2) is 29.2 Å². The fourth-order valence-electron chi connectivity index (χ4n) is 1.79. The fourth-order valence-corrected chi connectivity index (χ4v) is 3.41. The molecule has 104 valence electrons. The molecule has 0 spiro atoms. The molecule has 0 aliphatic carbocycles. The smallest absolute Gasteiger partial charge is 0.245 e. The molecule has 6 heteroatoms. The predicted octanol–water partition coefficient (Wildman–Crippen LogP) is 2.04. The largest absolute Gasteiger partial charge is 0.384 e. The number of anilines is 1. The third-order valence-electron chi connectivity index (χ3n) is 2.70. The van der Waals surface area contributed by atoms with E-state index in [-0.39, 0.29) is 17.9 Å². The molecule has 1 aromatic carbocycles. The maximum atomic E-state index is 12.5. The molecule has 0 heterocycles. The van der Waals surface area contributed by atoms with Crippen LogP contribution >= 0.6 is 0 Å². The van der Waals surface area contributed by atoms with Crippen LogP contribution in [-0.2, 0) is 10.0 Å². The monoisotopic (exact) mass is 281 g/mol. The lowest BCUT2D eigenvalue weighted by molar-refractivity contribution is 0.435. The minimum absolute atomic E-state index is 0.191. The third kappa shape index (κ3) is 3.69. The highest BCUT2D eigenvalue weighted by molar-refractivity contribution is 7.89. The molecule has 0 aliphatic heterocycles. The summed E-state index contributed by atoms with van der Waals surface area (Å²) in [6.45, 7) is 4.90. The Bertz CT molecular complexity index is 549. The van der Waals surface area contributed by atoms with Crippen molar-refractivity contribution >= 4 is 15.7 Å². The fraction of sp³-hybridized carbons (Fsp3) is 0.462. The van der Waals surface area contributed by atoms with Gasteiger partial charge >= 0.3 is 0 Å². The summed E-state index contributed by atoms with van der Waals surface area (Å²) in [6, 6.07) is 8.80. The van der Waals surface area contributed by atoms with Gasteiger partial charge in [0.05, 0.1) is 11.8 Å². The van der Waals surface area contributed by atoms with E-state index in [1.165, 1.54) is 4.31 Å². The third-order valence-corrected chi connectivity index (χ3v) is 4.73. The van der Waals surface area contributed by atoms with Gasteiger partial charge in [-0.3, -0.25) is 0 Å². The number of nitrogens with zero attached hydrogens (tertiary/aromatic N) is 2. The van der Waals surface area contributed by atoms with Crippen molar-refractivity contribution in [3.05, 3.63) is 24.3 Å². The average molecular weight is 281 g/mol. The van der Waals surface area contributed by atoms with Gasteiger partial charge in [0.25, 0.3) is 0 Å². The lowest BCUT2D eigenvalue weighted by Gasteiger charge is -2.21. The Labute approximate surface area is 114 Å². The van der Waals surface area contributed by atoms with Crippen molar-refractivity contribution in [2.24, 2.45) is 0 Å². The van der Waals surface area contributed by atoms with Crippen molar-refractivity contribution in [3.8, 4) is 6.07 Å². The number of nitrogens with one attached hydrogen (secondary N) is 1. The van der Waals surface area contributed by atoms with Crippen LogP contribution in [0.25, 0.3) is 0 Å². The molecule has 1 aromatic rings. The molecule has 0 aliphatic rings. The number of sulfonamides is 1. The molecule has 1 N–H and O–H groups in total. The summed E-state index contributed by atoms with van der Waals surface area (Å²) in [6.07, 6.45) is 0.191. The highest BCUT2D eigenvalue weighted by atomic mass is 32.2. The van der Waals surface area contributed by atoms with Gasteiger partial charge in [0.1, 0.15) is 4.90 Å². The van der Waals surface area contributed by atoms with Crippen LogP contribution in [0.1, 0.15) is 20.3 Å². The second kappa shape index (κ2) is 7.12. The van der Waals surface area contributed by atoms with E-state index in [1.54, 1.807) is 31.2 Å². The van der Waals surface area contributed by atoms with Gasteiger partial charge in [-0.05, 0) is 19.1 Å². The summed E-state index contributed by atoms with van der Waals surface area (Å²) in [7, 11) is -3.56. The van der Waals surface area contributed by atoms with E-state index < -0.39 is 10.0 Å². The Kier molecular flexibility index (Phi) is 5.80. The quantitative estimate of drug-likeness (QED) is 0.830. The first kappa shape index (κ1) is 15.5. The van der Waals surface area contributed by atoms with Crippen LogP contribution in [0.2, 0.25) is 0 Å². The van der Waals surface area contributed by atoms with Crippen LogP contribution in [0.3, 0.4) is 0 Å². The number of para-hydroxylation sites is 1. The summed E-state index contributed by atoms with van der Waals surface area (Å²) in [4.78, 5) is 0.261. The molecule has 5 nitrogen and oxygen atoms in total. The molecule has 0 bridgehead atoms. The lowest BCUT2D eigenvalue weighted by Crippen LogP contribution is -2.32. The Morgan fingerprint density at radius 1 is 1.32 bits per heavy atom. The summed E-state index contributed by atoms with van der Waals surface area (Å²) < 4.78 is 26.4. The average Bonchev–Trinajstić information content (AvgIpc) is 2.40. The summed E-state index contributed by atoms with van der Waals surface area (Å²) in [5, 5.41) is 11.6. The molecule has 1 rings (SSSR count). The van der Waals surface area contributed by atoms with E-state index in [9.17, 15) is 8.42 Å². The van der Waals surface area contributed by atoms with Gasteiger partial charge in [-0.25, -0.2) is 8.42 Å². The number of nitriles is 1. The van der Waals surface area contributed by atoms with Crippen LogP contribution in [0, 0.1) is 11.3 Å². The number of rotatable bonds is 7. The van der Waals surface area contributed by atoms with Gasteiger partial charge in [-0.2, -0.15) is 9.57 Å². The highest BCUT2D eigenvalue weighted by Crippen LogP contribution is 2.24. The SMILES string of the molecule is CCNc1ccccc1S(=O)(=O)N(CC)CCC#N. The van der Waals surface area contributed by atoms with E-state index in [1.807, 2.05) is 13.0 Å². The standard InChI is InChI=1S/C13H19N3O2S/c1-3-15-12-8-5-6-9-13(12)19(17,18)16(4-2)11-7-10-14/h5-6,8-9,15H,3-4,7,11H2,1-2H3. The maximum Gasteiger partial charge on any atom is 0.245 e. The van der Waals surface area contributed by atoms with Gasteiger partial charge < -0.3 is 5.32 Å². The second-order valence-corrected chi connectivity index (χ2v) is 5.84. The van der Waals surface area contributed by atoms with Gasteiger partial charge in [0.2, 0.25) is 10.0 Å². The molecule has 0 unspecified atom stereocenters. The second-order valence-electron chi connectivity index (χ2n) is 3.93. The topological polar surface area (TPSA) is 73.2 Å². The Hall–Kier alpha value is -1.58. The molecule has 0 saturated carbocycles. The van der Waals surface area contributed by atoms with Gasteiger partial charge in [0.15, 0.2) is 0 Å². The Balaban J connectivity index is 3.15. The molecule has 0 aromatic heterocycles. The molecule has 19 heavy (non-hydrogen) atoms. The zero-order valence-electron chi connectivity index (χ0n) is 11.3. The zero-order chi connectivity index (χ0) is 14.3. The summed E-state index contributed by atoms with van der Waals surface area (Å²) in [5.41, 5.74) is 0.598. The summed E-state index contributed by atoms with van der Waals surface area (Å²) in [5.74, 6) is 0. The maximum absolute atomic E-state index is 12.5. The van der Waals surface area contributed by atoms with Gasteiger partial charge in [-0.15, -0.1) is 0 Å². The first-order chi connectivity index (χ1) is 9.07. The van der Waals surface area contributed by atoms with E-state index in [0.29, 0.717) is 18.8 Å². The minimum Gasteiger partial charge on any atom is -0.384 e. The van der Waals surface area contributed by atoms with E-state index in [2.05, 4.69) is 5.32 Å². The van der Waals surface area contributed by atoms with Crippen LogP contribution in [0.5, 0.6) is 0 Å². The normalized spacial score (nSPS) is 11.3. The van der Waals surface area contributed by atoms with Crippen LogP contribution < -0.4 is 5.32 Å². The van der Waals surface area contributed by atoms with Crippen molar-refractivity contribution < 1.29 is 8.42 Å². The van der Waals surface area contributed by atoms with E-state index in [0.717, 1.165) is 0 Å². The van der Waals surface area contributed by atoms with Crippen LogP contribution in [0.4, 0.5) is 5.69 Å². The molecule has 0 atom stereocenters. The van der Waals surface area contributed by atoms with Crippen LogP contribution in [-0.4, -0.2) is 32.4 Å². The van der Waals surface area contributed by atoms with Crippen molar-refractivity contribution in [2.45, 2.75) is 25.2 Å². The van der Waals surface area contributed by atoms with Crippen molar-refractivity contribution in [1.29, 1.82) is 5.26 Å². The molecule has 0 radical (unpaired) electrons. The van der Waals surface area contributed by atoms with Gasteiger partial charge in [0, 0.05) is 26.1 Å². The Morgan fingerprint density at radius 3 is 2.58 bits per heavy atom. The first-order valence-corrected chi connectivity index (χ1v) is 7.71. The molecule has 0 saturated heterocycles. The van der Waals surface area contributed by atoms with E-state index in [4.69, 9.17) is 5.26 Å². The number of hydrogen-bond acceptors (Lipinski definition) is 4. The predicted molar refractivity (Wildman–Crippen MR) is 75.3 cm³/mol. The van der Waals surface area contributed by atoms with Gasteiger partial charge in [-0.1, -0.05) is 19.1 Å². The molecular weight excluding hydrogens is 262 g/mol. The molecular formula is C13H19N3O2S. The number of benzene rings is 1. The lowest BCUT2D eigenvalue weighted by atomic mass is 10.3. The highest BCUT2D eigenvalue weighted by Gasteiger charge is 2.25. The Morgan fingerprint density at radius 2 is 2.00 bits per heavy atom. The molecule has 0 fully saturated rings. The van der Waals surface area contributed by atoms with E-state index >= 15 is 0 Å². The minimum atomic E-state index is -3.56. The zero-order valence-corrected chi connectivity index (χ0v) is 12.1. The van der Waals surface area contributed by atoms with Crippen molar-refractivity contribution in [1.82, 2.24) is 4.31 Å². The molecule has 0 amide bonds. The van der Waals surface area contributed by atoms with Crippen molar-refractivity contribution in [2.75, 3.05) is 25.0 Å².